The molecule has 4 rings (SSSR count). The first kappa shape index (κ1) is 34.3. The van der Waals surface area contributed by atoms with Crippen molar-refractivity contribution in [1.82, 2.24) is 5.43 Å². The Morgan fingerprint density at radius 3 is 2.31 bits per heavy atom. The van der Waals surface area contributed by atoms with Crippen LogP contribution in [-0.4, -0.2) is 34.2 Å². The van der Waals surface area contributed by atoms with Gasteiger partial charge in [0.1, 0.15) is 13.2 Å². The quantitative estimate of drug-likeness (QED) is 0.117. The Labute approximate surface area is 282 Å². The fourth-order valence-corrected chi connectivity index (χ4v) is 6.58. The molecule has 0 aliphatic carbocycles. The number of sulfonamides is 1. The van der Waals surface area contributed by atoms with E-state index in [-0.39, 0.29) is 17.4 Å². The van der Waals surface area contributed by atoms with Crippen LogP contribution in [0.15, 0.2) is 93.3 Å². The molecule has 236 valence electrons. The molecule has 45 heavy (non-hydrogen) atoms. The third-order valence-corrected chi connectivity index (χ3v) is 9.88. The summed E-state index contributed by atoms with van der Waals surface area (Å²) >= 11 is 15.6. The number of hydrogen-bond acceptors (Lipinski definition) is 6. The first-order valence-electron chi connectivity index (χ1n) is 13.8. The minimum atomic E-state index is -4.06. The number of anilines is 1. The molecule has 0 aliphatic rings. The number of nitrogens with one attached hydrogen (secondary N) is 1. The van der Waals surface area contributed by atoms with Gasteiger partial charge in [0.25, 0.3) is 15.9 Å². The molecule has 4 aromatic rings. The highest BCUT2D eigenvalue weighted by Crippen LogP contribution is 2.37. The topological polar surface area (TPSA) is 97.3 Å². The molecule has 1 amide bonds. The van der Waals surface area contributed by atoms with E-state index in [4.69, 9.17) is 32.7 Å². The number of rotatable bonds is 12. The second kappa shape index (κ2) is 15.1. The van der Waals surface area contributed by atoms with Crippen LogP contribution in [0.4, 0.5) is 5.69 Å². The molecule has 0 saturated heterocycles. The summed E-state index contributed by atoms with van der Waals surface area (Å²) in [5, 5.41) is 4.94. The smallest absolute Gasteiger partial charge is 0.264 e. The second-order valence-corrected chi connectivity index (χ2v) is 14.0. The highest BCUT2D eigenvalue weighted by atomic mass is 79.9. The minimum absolute atomic E-state index is 0.0794. The van der Waals surface area contributed by atoms with Gasteiger partial charge >= 0.3 is 0 Å². The maximum absolute atomic E-state index is 13.7. The van der Waals surface area contributed by atoms with Crippen molar-refractivity contribution in [3.05, 3.63) is 116 Å². The van der Waals surface area contributed by atoms with Crippen LogP contribution in [0.2, 0.25) is 10.0 Å². The molecule has 0 atom stereocenters. The van der Waals surface area contributed by atoms with Gasteiger partial charge in [-0.1, -0.05) is 72.9 Å². The molecule has 0 unspecified atom stereocenters. The molecule has 0 aromatic heterocycles. The normalized spacial score (nSPS) is 11.6. The van der Waals surface area contributed by atoms with E-state index in [0.29, 0.717) is 37.3 Å². The van der Waals surface area contributed by atoms with E-state index in [0.717, 1.165) is 21.0 Å². The number of hydrazone groups is 1. The highest BCUT2D eigenvalue weighted by molar-refractivity contribution is 9.10. The zero-order valence-corrected chi connectivity index (χ0v) is 29.0. The van der Waals surface area contributed by atoms with Crippen LogP contribution < -0.4 is 19.2 Å². The van der Waals surface area contributed by atoms with E-state index in [1.54, 1.807) is 48.5 Å². The fraction of sp³-hybridized carbons (Fsp3) is 0.212. The highest BCUT2D eigenvalue weighted by Gasteiger charge is 2.27. The number of carbonyl (C=O) groups is 1. The summed E-state index contributed by atoms with van der Waals surface area (Å²) < 4.78 is 40.5. The fourth-order valence-electron chi connectivity index (χ4n) is 4.26. The SMILES string of the molecule is COc1cc(/C=N\NC(=O)CN(c2ccc(C(C)C)cc2)S(=O)(=O)c2ccc(C)cc2)cc(Br)c1OCc1ccc(Cl)c(Cl)c1. The maximum atomic E-state index is 13.7. The molecule has 0 aliphatic heterocycles. The molecule has 0 bridgehead atoms. The molecule has 0 radical (unpaired) electrons. The molecular formula is C33H32BrCl2N3O5S. The molecule has 4 aromatic carbocycles. The molecule has 0 saturated carbocycles. The van der Waals surface area contributed by atoms with E-state index in [9.17, 15) is 13.2 Å². The Morgan fingerprint density at radius 1 is 1.00 bits per heavy atom. The molecule has 0 spiro atoms. The van der Waals surface area contributed by atoms with Crippen molar-refractivity contribution in [3.8, 4) is 11.5 Å². The van der Waals surface area contributed by atoms with Crippen LogP contribution in [0.5, 0.6) is 11.5 Å². The van der Waals surface area contributed by atoms with Crippen molar-refractivity contribution < 1.29 is 22.7 Å². The summed E-state index contributed by atoms with van der Waals surface area (Å²) in [5.74, 6) is 0.533. The summed E-state index contributed by atoms with van der Waals surface area (Å²) in [4.78, 5) is 13.1. The monoisotopic (exact) mass is 731 g/mol. The van der Waals surface area contributed by atoms with Gasteiger partial charge in [0.15, 0.2) is 11.5 Å². The number of aryl methyl sites for hydroxylation is 1. The van der Waals surface area contributed by atoms with E-state index in [1.165, 1.54) is 25.5 Å². The van der Waals surface area contributed by atoms with E-state index in [1.807, 2.05) is 39.0 Å². The van der Waals surface area contributed by atoms with Gasteiger partial charge in [-0.25, -0.2) is 13.8 Å². The molecule has 0 heterocycles. The summed E-state index contributed by atoms with van der Waals surface area (Å²) in [6.45, 7) is 5.71. The van der Waals surface area contributed by atoms with Gasteiger partial charge in [-0.3, -0.25) is 9.10 Å². The van der Waals surface area contributed by atoms with Crippen LogP contribution in [0, 0.1) is 6.92 Å². The number of nitrogens with zero attached hydrogens (tertiary/aromatic N) is 2. The van der Waals surface area contributed by atoms with Crippen LogP contribution in [-0.2, 0) is 21.4 Å². The average molecular weight is 734 g/mol. The first-order chi connectivity index (χ1) is 21.4. The van der Waals surface area contributed by atoms with Gasteiger partial charge in [0, 0.05) is 0 Å². The lowest BCUT2D eigenvalue weighted by Gasteiger charge is -2.24. The zero-order chi connectivity index (χ0) is 32.7. The molecule has 12 heteroatoms. The van der Waals surface area contributed by atoms with Gasteiger partial charge < -0.3 is 9.47 Å². The molecule has 1 N–H and O–H groups in total. The van der Waals surface area contributed by atoms with Crippen molar-refractivity contribution in [2.45, 2.75) is 38.2 Å². The number of carbonyl (C=O) groups excluding carboxylic acids is 1. The van der Waals surface area contributed by atoms with Gasteiger partial charge in [0.05, 0.1) is 38.4 Å². The largest absolute Gasteiger partial charge is 0.493 e. The summed E-state index contributed by atoms with van der Waals surface area (Å²) in [6, 6.07) is 22.3. The minimum Gasteiger partial charge on any atom is -0.493 e. The first-order valence-corrected chi connectivity index (χ1v) is 16.8. The Kier molecular flexibility index (Phi) is 11.5. The second-order valence-electron chi connectivity index (χ2n) is 10.4. The van der Waals surface area contributed by atoms with Gasteiger partial charge in [-0.15, -0.1) is 0 Å². The molecular weight excluding hydrogens is 701 g/mol. The summed E-state index contributed by atoms with van der Waals surface area (Å²) in [5.41, 5.74) is 6.18. The molecule has 8 nitrogen and oxygen atoms in total. The standard InChI is InChI=1S/C33H32BrCl2N3O5S/c1-21(2)25-8-10-26(11-9-25)39(45(41,42)27-12-5-22(3)6-13-27)19-32(40)38-37-18-24-15-28(34)33(31(17-24)43-4)44-20-23-7-14-29(35)30(36)16-23/h5-18,21H,19-20H2,1-4H3,(H,38,40)/b37-18-. The van der Waals surface area contributed by atoms with Gasteiger partial charge in [-0.2, -0.15) is 5.10 Å². The van der Waals surface area contributed by atoms with Crippen LogP contribution >= 0.6 is 39.1 Å². The lowest BCUT2D eigenvalue weighted by Crippen LogP contribution is -2.39. The van der Waals surface area contributed by atoms with Crippen LogP contribution in [0.25, 0.3) is 0 Å². The van der Waals surface area contributed by atoms with Crippen molar-refractivity contribution in [2.75, 3.05) is 18.0 Å². The third-order valence-electron chi connectivity index (χ3n) is 6.77. The van der Waals surface area contributed by atoms with Crippen molar-refractivity contribution >= 4 is 67.0 Å². The van der Waals surface area contributed by atoms with Crippen molar-refractivity contribution in [3.63, 3.8) is 0 Å². The number of methoxy groups -OCH3 is 1. The predicted octanol–water partition coefficient (Wildman–Crippen LogP) is 8.12. The summed E-state index contributed by atoms with van der Waals surface area (Å²) in [7, 11) is -2.55. The number of benzene rings is 4. The average Bonchev–Trinajstić information content (AvgIpc) is 3.01. The Balaban J connectivity index is 1.50. The van der Waals surface area contributed by atoms with Gasteiger partial charge in [-0.05, 0) is 94.0 Å². The van der Waals surface area contributed by atoms with E-state index in [2.05, 4.69) is 26.5 Å². The van der Waals surface area contributed by atoms with Crippen molar-refractivity contribution in [1.29, 1.82) is 0 Å². The number of hydrogen-bond donors (Lipinski definition) is 1. The Hall–Kier alpha value is -3.57. The number of amides is 1. The van der Waals surface area contributed by atoms with E-state index < -0.39 is 22.5 Å². The lowest BCUT2D eigenvalue weighted by molar-refractivity contribution is -0.119. The van der Waals surface area contributed by atoms with Crippen molar-refractivity contribution in [2.24, 2.45) is 5.10 Å². The van der Waals surface area contributed by atoms with Crippen LogP contribution in [0.3, 0.4) is 0 Å². The maximum Gasteiger partial charge on any atom is 0.264 e. The molecule has 0 fully saturated rings. The zero-order valence-electron chi connectivity index (χ0n) is 25.1. The predicted molar refractivity (Wildman–Crippen MR) is 183 cm³/mol. The van der Waals surface area contributed by atoms with E-state index >= 15 is 0 Å². The Morgan fingerprint density at radius 2 is 1.69 bits per heavy atom. The Bertz CT molecular complexity index is 1800. The number of halogens is 3. The third kappa shape index (κ3) is 8.79. The lowest BCUT2D eigenvalue weighted by atomic mass is 10.0. The number of ether oxygens (including phenoxy) is 2. The summed E-state index contributed by atoms with van der Waals surface area (Å²) in [6.07, 6.45) is 1.42. The van der Waals surface area contributed by atoms with Gasteiger partial charge in [0.2, 0.25) is 0 Å². The van der Waals surface area contributed by atoms with Crippen LogP contribution in [0.1, 0.15) is 42.0 Å².